The lowest BCUT2D eigenvalue weighted by Gasteiger charge is -2.05. The second kappa shape index (κ2) is 4.08. The number of hydrogen-bond donors (Lipinski definition) is 1. The lowest BCUT2D eigenvalue weighted by atomic mass is 10.3. The summed E-state index contributed by atoms with van der Waals surface area (Å²) < 4.78 is 4.90. The zero-order chi connectivity index (χ0) is 11.0. The van der Waals surface area contributed by atoms with Crippen molar-refractivity contribution in [2.75, 3.05) is 6.54 Å². The quantitative estimate of drug-likeness (QED) is 0.861. The normalized spacial score (nSPS) is 24.6. The van der Waals surface area contributed by atoms with E-state index >= 15 is 0 Å². The van der Waals surface area contributed by atoms with E-state index in [1.54, 1.807) is 6.92 Å². The van der Waals surface area contributed by atoms with Crippen LogP contribution in [0.15, 0.2) is 9.52 Å². The molecule has 1 unspecified atom stereocenters. The van der Waals surface area contributed by atoms with Gasteiger partial charge in [0.2, 0.25) is 5.89 Å². The number of rotatable bonds is 3. The zero-order valence-electron chi connectivity index (χ0n) is 9.14. The number of amidine groups is 1. The Balaban J connectivity index is 1.49. The largest absolute Gasteiger partial charge is 0.357 e. The van der Waals surface area contributed by atoms with Gasteiger partial charge in [0.1, 0.15) is 0 Å². The van der Waals surface area contributed by atoms with Crippen molar-refractivity contribution in [1.29, 1.82) is 0 Å². The van der Waals surface area contributed by atoms with Crippen LogP contribution in [-0.2, 0) is 6.54 Å². The number of aromatic nitrogens is 2. The fourth-order valence-corrected chi connectivity index (χ4v) is 2.97. The molecule has 0 spiro atoms. The SMILES string of the molecule is Cc1nc(CNC2=NCC(C3CC3)S2)no1. The summed E-state index contributed by atoms with van der Waals surface area (Å²) in [6, 6.07) is 0. The number of nitrogens with zero attached hydrogens (tertiary/aromatic N) is 3. The van der Waals surface area contributed by atoms with Crippen LogP contribution in [0, 0.1) is 12.8 Å². The van der Waals surface area contributed by atoms with Crippen molar-refractivity contribution in [2.24, 2.45) is 10.9 Å². The molecule has 6 heteroatoms. The molecule has 86 valence electrons. The molecule has 16 heavy (non-hydrogen) atoms. The summed E-state index contributed by atoms with van der Waals surface area (Å²) in [6.07, 6.45) is 2.76. The van der Waals surface area contributed by atoms with Crippen LogP contribution in [0.2, 0.25) is 0 Å². The Morgan fingerprint density at radius 2 is 2.38 bits per heavy atom. The van der Waals surface area contributed by atoms with E-state index in [1.165, 1.54) is 12.8 Å². The molecule has 1 atom stereocenters. The van der Waals surface area contributed by atoms with E-state index in [9.17, 15) is 0 Å². The molecule has 0 aromatic carbocycles. The molecule has 1 aromatic heterocycles. The van der Waals surface area contributed by atoms with Crippen molar-refractivity contribution in [3.05, 3.63) is 11.7 Å². The molecule has 1 aromatic rings. The molecular weight excluding hydrogens is 224 g/mol. The first-order valence-electron chi connectivity index (χ1n) is 5.55. The highest BCUT2D eigenvalue weighted by Gasteiger charge is 2.35. The molecule has 1 N–H and O–H groups in total. The maximum atomic E-state index is 4.90. The Kier molecular flexibility index (Phi) is 2.59. The highest BCUT2D eigenvalue weighted by molar-refractivity contribution is 8.14. The molecule has 0 bridgehead atoms. The summed E-state index contributed by atoms with van der Waals surface area (Å²) in [5, 5.41) is 8.81. The van der Waals surface area contributed by atoms with Crippen molar-refractivity contribution in [3.8, 4) is 0 Å². The molecule has 2 heterocycles. The van der Waals surface area contributed by atoms with Crippen molar-refractivity contribution in [3.63, 3.8) is 0 Å². The van der Waals surface area contributed by atoms with Gasteiger partial charge in [-0.2, -0.15) is 4.98 Å². The van der Waals surface area contributed by atoms with E-state index in [0.717, 1.165) is 17.6 Å². The zero-order valence-corrected chi connectivity index (χ0v) is 9.96. The van der Waals surface area contributed by atoms with Crippen LogP contribution in [0.1, 0.15) is 24.6 Å². The van der Waals surface area contributed by atoms with Crippen LogP contribution >= 0.6 is 11.8 Å². The Bertz CT molecular complexity index is 413. The molecule has 1 saturated carbocycles. The van der Waals surface area contributed by atoms with Crippen molar-refractivity contribution in [1.82, 2.24) is 15.5 Å². The highest BCUT2D eigenvalue weighted by atomic mass is 32.2. The Hall–Kier alpha value is -1.04. The third-order valence-corrected chi connectivity index (χ3v) is 4.13. The number of nitrogens with one attached hydrogen (secondary N) is 1. The molecule has 5 nitrogen and oxygen atoms in total. The lowest BCUT2D eigenvalue weighted by molar-refractivity contribution is 0.387. The molecule has 0 radical (unpaired) electrons. The second-order valence-corrected chi connectivity index (χ2v) is 5.45. The maximum absolute atomic E-state index is 4.90. The monoisotopic (exact) mass is 238 g/mol. The first-order valence-corrected chi connectivity index (χ1v) is 6.43. The minimum Gasteiger partial charge on any atom is -0.357 e. The highest BCUT2D eigenvalue weighted by Crippen LogP contribution is 2.41. The summed E-state index contributed by atoms with van der Waals surface area (Å²) >= 11 is 1.86. The molecule has 0 amide bonds. The van der Waals surface area contributed by atoms with Crippen LogP contribution < -0.4 is 5.32 Å². The van der Waals surface area contributed by atoms with Gasteiger partial charge in [0.25, 0.3) is 0 Å². The Morgan fingerprint density at radius 3 is 3.06 bits per heavy atom. The number of hydrogen-bond acceptors (Lipinski definition) is 6. The minimum absolute atomic E-state index is 0.598. The standard InChI is InChI=1S/C10H14N4OS/c1-6-13-9(14-15-6)5-12-10-11-4-8(16-10)7-2-3-7/h7-8H,2-5H2,1H3,(H,11,12). The summed E-state index contributed by atoms with van der Waals surface area (Å²) in [6.45, 7) is 3.35. The van der Waals surface area contributed by atoms with Crippen molar-refractivity contribution in [2.45, 2.75) is 31.6 Å². The predicted octanol–water partition coefficient (Wildman–Crippen LogP) is 1.35. The topological polar surface area (TPSA) is 63.3 Å². The van der Waals surface area contributed by atoms with E-state index in [2.05, 4.69) is 20.4 Å². The number of aryl methyl sites for hydroxylation is 1. The van der Waals surface area contributed by atoms with E-state index in [0.29, 0.717) is 23.5 Å². The van der Waals surface area contributed by atoms with Gasteiger partial charge in [-0.1, -0.05) is 16.9 Å². The van der Waals surface area contributed by atoms with Gasteiger partial charge in [-0.3, -0.25) is 4.99 Å². The Labute approximate surface area is 98.1 Å². The number of thioether (sulfide) groups is 1. The first-order chi connectivity index (χ1) is 7.81. The maximum Gasteiger partial charge on any atom is 0.223 e. The van der Waals surface area contributed by atoms with Gasteiger partial charge in [-0.05, 0) is 18.8 Å². The fraction of sp³-hybridized carbons (Fsp3) is 0.700. The van der Waals surface area contributed by atoms with Gasteiger partial charge in [-0.25, -0.2) is 0 Å². The first kappa shape index (κ1) is 10.1. The van der Waals surface area contributed by atoms with Gasteiger partial charge in [-0.15, -0.1) is 0 Å². The van der Waals surface area contributed by atoms with Gasteiger partial charge in [0.05, 0.1) is 13.1 Å². The van der Waals surface area contributed by atoms with Crippen LogP contribution in [0.25, 0.3) is 0 Å². The average Bonchev–Trinajstić information content (AvgIpc) is 2.87. The fourth-order valence-electron chi connectivity index (χ4n) is 1.77. The van der Waals surface area contributed by atoms with Crippen LogP contribution in [0.4, 0.5) is 0 Å². The molecular formula is C10H14N4OS. The number of aliphatic imine (C=N–C) groups is 1. The molecule has 1 aliphatic heterocycles. The van der Waals surface area contributed by atoms with E-state index in [-0.39, 0.29) is 0 Å². The van der Waals surface area contributed by atoms with Crippen molar-refractivity contribution >= 4 is 16.9 Å². The molecule has 1 aliphatic carbocycles. The van der Waals surface area contributed by atoms with Crippen LogP contribution in [0.3, 0.4) is 0 Å². The predicted molar refractivity (Wildman–Crippen MR) is 62.3 cm³/mol. The summed E-state index contributed by atoms with van der Waals surface area (Å²) in [5.74, 6) is 2.20. The van der Waals surface area contributed by atoms with E-state index < -0.39 is 0 Å². The molecule has 2 aliphatic rings. The van der Waals surface area contributed by atoms with Gasteiger partial charge < -0.3 is 9.84 Å². The van der Waals surface area contributed by atoms with Crippen molar-refractivity contribution < 1.29 is 4.52 Å². The molecule has 1 fully saturated rings. The summed E-state index contributed by atoms with van der Waals surface area (Å²) in [5.41, 5.74) is 0. The van der Waals surface area contributed by atoms with Crippen LogP contribution in [0.5, 0.6) is 0 Å². The summed E-state index contributed by atoms with van der Waals surface area (Å²) in [7, 11) is 0. The molecule has 0 saturated heterocycles. The van der Waals surface area contributed by atoms with E-state index in [1.807, 2.05) is 11.8 Å². The smallest absolute Gasteiger partial charge is 0.223 e. The lowest BCUT2D eigenvalue weighted by Crippen LogP contribution is -2.19. The second-order valence-electron chi connectivity index (χ2n) is 4.22. The minimum atomic E-state index is 0.598. The third-order valence-electron chi connectivity index (χ3n) is 2.79. The van der Waals surface area contributed by atoms with Gasteiger partial charge in [0.15, 0.2) is 11.0 Å². The molecule has 3 rings (SSSR count). The summed E-state index contributed by atoms with van der Waals surface area (Å²) in [4.78, 5) is 8.62. The van der Waals surface area contributed by atoms with E-state index in [4.69, 9.17) is 4.52 Å². The van der Waals surface area contributed by atoms with Crippen LogP contribution in [-0.4, -0.2) is 27.1 Å². The third kappa shape index (κ3) is 2.21. The Morgan fingerprint density at radius 1 is 1.50 bits per heavy atom. The van der Waals surface area contributed by atoms with Gasteiger partial charge >= 0.3 is 0 Å². The van der Waals surface area contributed by atoms with Gasteiger partial charge in [0, 0.05) is 12.2 Å². The average molecular weight is 238 g/mol.